The summed E-state index contributed by atoms with van der Waals surface area (Å²) in [6.07, 6.45) is 5.60. The zero-order valence-corrected chi connectivity index (χ0v) is 10.4. The highest BCUT2D eigenvalue weighted by atomic mass is 16.5. The van der Waals surface area contributed by atoms with Gasteiger partial charge in [0.15, 0.2) is 0 Å². The molecular formula is C14H18N2O. The first-order chi connectivity index (χ1) is 8.24. The minimum absolute atomic E-state index is 0.117. The molecule has 90 valence electrons. The third-order valence-electron chi connectivity index (χ3n) is 3.37. The van der Waals surface area contributed by atoms with Crippen LogP contribution < -0.4 is 4.74 Å². The van der Waals surface area contributed by atoms with Crippen molar-refractivity contribution < 1.29 is 4.74 Å². The minimum Gasteiger partial charge on any atom is -0.490 e. The highest BCUT2D eigenvalue weighted by Crippen LogP contribution is 2.31. The van der Waals surface area contributed by atoms with E-state index in [-0.39, 0.29) is 12.0 Å². The molecule has 3 nitrogen and oxygen atoms in total. The van der Waals surface area contributed by atoms with Gasteiger partial charge in [-0.3, -0.25) is 4.98 Å². The molecule has 1 aromatic rings. The number of hydrogen-bond donors (Lipinski definition) is 0. The lowest BCUT2D eigenvalue weighted by molar-refractivity contribution is 0.213. The molecule has 0 fully saturated rings. The fourth-order valence-corrected chi connectivity index (χ4v) is 2.13. The summed E-state index contributed by atoms with van der Waals surface area (Å²) in [7, 11) is 0. The third kappa shape index (κ3) is 2.58. The highest BCUT2D eigenvalue weighted by molar-refractivity contribution is 5.38. The van der Waals surface area contributed by atoms with Crippen LogP contribution in [0.15, 0.2) is 12.3 Å². The lowest BCUT2D eigenvalue weighted by Crippen LogP contribution is -2.18. The number of rotatable bonds is 3. The van der Waals surface area contributed by atoms with Crippen LogP contribution in [0.2, 0.25) is 0 Å². The summed E-state index contributed by atoms with van der Waals surface area (Å²) in [6, 6.07) is 4.28. The van der Waals surface area contributed by atoms with E-state index in [1.165, 1.54) is 0 Å². The Labute approximate surface area is 102 Å². The van der Waals surface area contributed by atoms with E-state index in [1.54, 1.807) is 0 Å². The SMILES string of the molecule is CCC(C)Oc1ccnc2c1CC(C#N)CC2. The standard InChI is InChI=1S/C14H18N2O/c1-3-10(2)17-14-6-7-16-13-5-4-11(9-15)8-12(13)14/h6-7,10-11H,3-5,8H2,1-2H3. The van der Waals surface area contributed by atoms with Crippen molar-refractivity contribution in [2.45, 2.75) is 45.6 Å². The Bertz CT molecular complexity index is 436. The van der Waals surface area contributed by atoms with Gasteiger partial charge in [-0.1, -0.05) is 6.92 Å². The van der Waals surface area contributed by atoms with E-state index in [0.29, 0.717) is 0 Å². The molecule has 2 rings (SSSR count). The molecule has 0 aromatic carbocycles. The summed E-state index contributed by atoms with van der Waals surface area (Å²) in [4.78, 5) is 4.39. The summed E-state index contributed by atoms with van der Waals surface area (Å²) in [5.74, 6) is 1.04. The Morgan fingerprint density at radius 1 is 1.65 bits per heavy atom. The van der Waals surface area contributed by atoms with Crippen molar-refractivity contribution in [3.8, 4) is 11.8 Å². The number of aryl methyl sites for hydroxylation is 1. The normalized spacial score (nSPS) is 20.2. The maximum atomic E-state index is 9.02. The topological polar surface area (TPSA) is 45.9 Å². The lowest BCUT2D eigenvalue weighted by Gasteiger charge is -2.23. The number of nitriles is 1. The fraction of sp³-hybridized carbons (Fsp3) is 0.571. The summed E-state index contributed by atoms with van der Waals surface area (Å²) >= 11 is 0. The maximum Gasteiger partial charge on any atom is 0.126 e. The summed E-state index contributed by atoms with van der Waals surface area (Å²) in [5.41, 5.74) is 2.25. The lowest BCUT2D eigenvalue weighted by atomic mass is 9.87. The van der Waals surface area contributed by atoms with Crippen LogP contribution in [0.4, 0.5) is 0 Å². The molecule has 1 aliphatic carbocycles. The van der Waals surface area contributed by atoms with Crippen LogP contribution in [0.3, 0.4) is 0 Å². The number of nitrogens with zero attached hydrogens (tertiary/aromatic N) is 2. The van der Waals surface area contributed by atoms with E-state index in [9.17, 15) is 0 Å². The molecule has 3 heteroatoms. The third-order valence-corrected chi connectivity index (χ3v) is 3.37. The van der Waals surface area contributed by atoms with E-state index in [2.05, 4.69) is 24.9 Å². The van der Waals surface area contributed by atoms with Crippen LogP contribution in [0.1, 0.15) is 37.9 Å². The van der Waals surface area contributed by atoms with Gasteiger partial charge in [-0.05, 0) is 38.7 Å². The molecule has 0 radical (unpaired) electrons. The second-order valence-corrected chi connectivity index (χ2v) is 4.64. The van der Waals surface area contributed by atoms with E-state index in [0.717, 1.165) is 42.7 Å². The predicted molar refractivity (Wildman–Crippen MR) is 65.7 cm³/mol. The highest BCUT2D eigenvalue weighted by Gasteiger charge is 2.22. The van der Waals surface area contributed by atoms with E-state index in [1.807, 2.05) is 12.3 Å². The predicted octanol–water partition coefficient (Wildman–Crippen LogP) is 2.89. The number of fused-ring (bicyclic) bond motifs is 1. The van der Waals surface area contributed by atoms with Crippen molar-refractivity contribution in [1.82, 2.24) is 4.98 Å². The van der Waals surface area contributed by atoms with Crippen molar-refractivity contribution in [2.75, 3.05) is 0 Å². The number of aromatic nitrogens is 1. The fourth-order valence-electron chi connectivity index (χ4n) is 2.13. The molecule has 2 unspecified atom stereocenters. The van der Waals surface area contributed by atoms with Crippen LogP contribution in [-0.2, 0) is 12.8 Å². The van der Waals surface area contributed by atoms with Crippen molar-refractivity contribution in [3.63, 3.8) is 0 Å². The van der Waals surface area contributed by atoms with Gasteiger partial charge in [0.2, 0.25) is 0 Å². The first-order valence-corrected chi connectivity index (χ1v) is 6.27. The summed E-state index contributed by atoms with van der Waals surface area (Å²) < 4.78 is 5.91. The molecule has 1 aliphatic rings. The molecule has 0 N–H and O–H groups in total. The molecule has 17 heavy (non-hydrogen) atoms. The van der Waals surface area contributed by atoms with Gasteiger partial charge in [-0.2, -0.15) is 5.26 Å². The Morgan fingerprint density at radius 3 is 3.18 bits per heavy atom. The van der Waals surface area contributed by atoms with Gasteiger partial charge in [-0.15, -0.1) is 0 Å². The second kappa shape index (κ2) is 5.18. The first-order valence-electron chi connectivity index (χ1n) is 6.27. The number of hydrogen-bond acceptors (Lipinski definition) is 3. The minimum atomic E-state index is 0.117. The van der Waals surface area contributed by atoms with Gasteiger partial charge in [0, 0.05) is 17.5 Å². The van der Waals surface area contributed by atoms with Gasteiger partial charge in [0.1, 0.15) is 5.75 Å². The largest absolute Gasteiger partial charge is 0.490 e. The summed E-state index contributed by atoms with van der Waals surface area (Å²) in [5, 5.41) is 9.02. The molecule has 1 heterocycles. The van der Waals surface area contributed by atoms with Crippen molar-refractivity contribution >= 4 is 0 Å². The van der Waals surface area contributed by atoms with Gasteiger partial charge in [0.05, 0.1) is 18.1 Å². The molecule has 0 bridgehead atoms. The Kier molecular flexibility index (Phi) is 3.63. The van der Waals surface area contributed by atoms with Gasteiger partial charge in [0.25, 0.3) is 0 Å². The number of pyridine rings is 1. The zero-order chi connectivity index (χ0) is 12.3. The Hall–Kier alpha value is -1.56. The molecular weight excluding hydrogens is 212 g/mol. The van der Waals surface area contributed by atoms with Crippen LogP contribution >= 0.6 is 0 Å². The van der Waals surface area contributed by atoms with Crippen molar-refractivity contribution in [2.24, 2.45) is 5.92 Å². The van der Waals surface area contributed by atoms with Crippen LogP contribution in [-0.4, -0.2) is 11.1 Å². The quantitative estimate of drug-likeness (QED) is 0.802. The molecule has 0 saturated heterocycles. The Morgan fingerprint density at radius 2 is 2.47 bits per heavy atom. The molecule has 0 saturated carbocycles. The van der Waals surface area contributed by atoms with Gasteiger partial charge < -0.3 is 4.74 Å². The van der Waals surface area contributed by atoms with E-state index < -0.39 is 0 Å². The molecule has 1 aromatic heterocycles. The zero-order valence-electron chi connectivity index (χ0n) is 10.4. The summed E-state index contributed by atoms with van der Waals surface area (Å²) in [6.45, 7) is 4.17. The van der Waals surface area contributed by atoms with Crippen molar-refractivity contribution in [1.29, 1.82) is 5.26 Å². The molecule has 0 aliphatic heterocycles. The van der Waals surface area contributed by atoms with Crippen molar-refractivity contribution in [3.05, 3.63) is 23.5 Å². The molecule has 0 spiro atoms. The average Bonchev–Trinajstić information content (AvgIpc) is 2.38. The number of ether oxygens (including phenoxy) is 1. The van der Waals surface area contributed by atoms with Crippen LogP contribution in [0.25, 0.3) is 0 Å². The average molecular weight is 230 g/mol. The molecule has 0 amide bonds. The van der Waals surface area contributed by atoms with Gasteiger partial charge in [-0.25, -0.2) is 0 Å². The first kappa shape index (κ1) is 11.9. The van der Waals surface area contributed by atoms with E-state index >= 15 is 0 Å². The van der Waals surface area contributed by atoms with Crippen LogP contribution in [0, 0.1) is 17.2 Å². The van der Waals surface area contributed by atoms with Gasteiger partial charge >= 0.3 is 0 Å². The monoisotopic (exact) mass is 230 g/mol. The maximum absolute atomic E-state index is 9.02. The second-order valence-electron chi connectivity index (χ2n) is 4.64. The molecule has 2 atom stereocenters. The van der Waals surface area contributed by atoms with Crippen LogP contribution in [0.5, 0.6) is 5.75 Å². The smallest absolute Gasteiger partial charge is 0.126 e. The Balaban J connectivity index is 2.26. The van der Waals surface area contributed by atoms with E-state index in [4.69, 9.17) is 10.00 Å².